The molecule has 0 aromatic heterocycles. The van der Waals surface area contributed by atoms with Gasteiger partial charge in [0.1, 0.15) is 5.75 Å². The number of thioether (sulfide) groups is 1. The summed E-state index contributed by atoms with van der Waals surface area (Å²) >= 11 is 7.44. The fourth-order valence-corrected chi connectivity index (χ4v) is 2.34. The lowest BCUT2D eigenvalue weighted by Gasteiger charge is -2.06. The molecule has 0 radical (unpaired) electrons. The zero-order valence-corrected chi connectivity index (χ0v) is 9.90. The molecule has 0 spiro atoms. The summed E-state index contributed by atoms with van der Waals surface area (Å²) in [4.78, 5) is 1.21. The van der Waals surface area contributed by atoms with Crippen LogP contribution in [0.15, 0.2) is 29.2 Å². The Balaban J connectivity index is 2.41. The van der Waals surface area contributed by atoms with E-state index in [1.54, 1.807) is 7.11 Å². The Morgan fingerprint density at radius 3 is 2.79 bits per heavy atom. The first-order chi connectivity index (χ1) is 6.88. The van der Waals surface area contributed by atoms with Gasteiger partial charge in [-0.3, -0.25) is 0 Å². The molecule has 78 valence electrons. The van der Waals surface area contributed by atoms with Crippen molar-refractivity contribution in [1.29, 1.82) is 0 Å². The van der Waals surface area contributed by atoms with Crippen LogP contribution in [0.25, 0.3) is 0 Å². The lowest BCUT2D eigenvalue weighted by molar-refractivity contribution is 0.405. The molecule has 0 N–H and O–H groups in total. The number of hydrogen-bond donors (Lipinski definition) is 0. The first-order valence-corrected chi connectivity index (χ1v) is 6.22. The number of ether oxygens (including phenoxy) is 1. The van der Waals surface area contributed by atoms with Gasteiger partial charge in [0.25, 0.3) is 0 Å². The van der Waals surface area contributed by atoms with E-state index in [4.69, 9.17) is 16.3 Å². The largest absolute Gasteiger partial charge is 0.496 e. The summed E-state index contributed by atoms with van der Waals surface area (Å²) in [6.45, 7) is 0. The number of hydrogen-bond acceptors (Lipinski definition) is 2. The number of rotatable bonds is 6. The topological polar surface area (TPSA) is 9.23 Å². The molecule has 0 aliphatic rings. The van der Waals surface area contributed by atoms with E-state index < -0.39 is 0 Å². The van der Waals surface area contributed by atoms with Crippen LogP contribution in [0.5, 0.6) is 5.75 Å². The average Bonchev–Trinajstić information content (AvgIpc) is 2.25. The van der Waals surface area contributed by atoms with Gasteiger partial charge < -0.3 is 4.74 Å². The van der Waals surface area contributed by atoms with Crippen molar-refractivity contribution >= 4 is 23.4 Å². The van der Waals surface area contributed by atoms with Crippen LogP contribution in [0.3, 0.4) is 0 Å². The van der Waals surface area contributed by atoms with Crippen molar-refractivity contribution < 1.29 is 4.74 Å². The van der Waals surface area contributed by atoms with Gasteiger partial charge in [0.2, 0.25) is 0 Å². The highest BCUT2D eigenvalue weighted by molar-refractivity contribution is 7.99. The molecule has 1 nitrogen and oxygen atoms in total. The highest BCUT2D eigenvalue weighted by atomic mass is 35.5. The standard InChI is InChI=1S/C11H15ClOS/c1-13-10-6-2-3-7-11(10)14-9-5-4-8-12/h2-3,6-7H,4-5,8-9H2,1H3. The van der Waals surface area contributed by atoms with E-state index in [2.05, 4.69) is 6.07 Å². The van der Waals surface area contributed by atoms with Gasteiger partial charge >= 0.3 is 0 Å². The molecule has 3 heteroatoms. The fraction of sp³-hybridized carbons (Fsp3) is 0.455. The summed E-state index contributed by atoms with van der Waals surface area (Å²) in [5, 5.41) is 0. The van der Waals surface area contributed by atoms with Crippen molar-refractivity contribution in [2.75, 3.05) is 18.7 Å². The molecule has 0 fully saturated rings. The molecule has 0 heterocycles. The Bertz CT molecular complexity index is 265. The normalized spacial score (nSPS) is 10.1. The van der Waals surface area contributed by atoms with Gasteiger partial charge in [0.15, 0.2) is 0 Å². The second-order valence-corrected chi connectivity index (χ2v) is 4.41. The van der Waals surface area contributed by atoms with Crippen LogP contribution >= 0.6 is 23.4 Å². The van der Waals surface area contributed by atoms with Gasteiger partial charge in [-0.2, -0.15) is 0 Å². The van der Waals surface area contributed by atoms with Gasteiger partial charge in [-0.15, -0.1) is 23.4 Å². The van der Waals surface area contributed by atoms with Gasteiger partial charge in [-0.1, -0.05) is 12.1 Å². The van der Waals surface area contributed by atoms with Crippen molar-refractivity contribution in [3.05, 3.63) is 24.3 Å². The van der Waals surface area contributed by atoms with Crippen molar-refractivity contribution in [2.24, 2.45) is 0 Å². The molecule has 0 unspecified atom stereocenters. The first kappa shape index (κ1) is 11.7. The highest BCUT2D eigenvalue weighted by Crippen LogP contribution is 2.29. The van der Waals surface area contributed by atoms with E-state index in [1.165, 1.54) is 4.90 Å². The van der Waals surface area contributed by atoms with Crippen LogP contribution in [0.4, 0.5) is 0 Å². The molecular formula is C11H15ClOS. The number of para-hydroxylation sites is 1. The monoisotopic (exact) mass is 230 g/mol. The minimum absolute atomic E-state index is 0.756. The maximum absolute atomic E-state index is 5.61. The maximum atomic E-state index is 5.61. The van der Waals surface area contributed by atoms with Crippen LogP contribution in [-0.2, 0) is 0 Å². The van der Waals surface area contributed by atoms with E-state index in [1.807, 2.05) is 30.0 Å². The predicted octanol–water partition coefficient (Wildman–Crippen LogP) is 3.81. The zero-order valence-electron chi connectivity index (χ0n) is 8.33. The Labute approximate surface area is 94.8 Å². The number of benzene rings is 1. The molecule has 1 aromatic carbocycles. The van der Waals surface area contributed by atoms with Gasteiger partial charge in [-0.25, -0.2) is 0 Å². The summed E-state index contributed by atoms with van der Waals surface area (Å²) in [6.07, 6.45) is 2.25. The molecule has 0 aliphatic carbocycles. The second kappa shape index (κ2) is 7.02. The molecule has 14 heavy (non-hydrogen) atoms. The SMILES string of the molecule is COc1ccccc1SCCCCCl. The molecule has 0 bridgehead atoms. The molecule has 0 amide bonds. The maximum Gasteiger partial charge on any atom is 0.132 e. The molecule has 1 rings (SSSR count). The number of alkyl halides is 1. The van der Waals surface area contributed by atoms with Crippen LogP contribution in [0, 0.1) is 0 Å². The minimum atomic E-state index is 0.756. The molecule has 0 saturated heterocycles. The van der Waals surface area contributed by atoms with Crippen molar-refractivity contribution in [3.63, 3.8) is 0 Å². The number of methoxy groups -OCH3 is 1. The van der Waals surface area contributed by atoms with E-state index in [-0.39, 0.29) is 0 Å². The molecule has 1 aromatic rings. The Hall–Kier alpha value is -0.340. The zero-order chi connectivity index (χ0) is 10.2. The van der Waals surface area contributed by atoms with Gasteiger partial charge in [-0.05, 0) is 30.7 Å². The molecule has 0 atom stereocenters. The summed E-state index contributed by atoms with van der Waals surface area (Å²) < 4.78 is 5.26. The third-order valence-corrected chi connectivity index (χ3v) is 3.26. The average molecular weight is 231 g/mol. The summed E-state index contributed by atoms with van der Waals surface area (Å²) in [5.41, 5.74) is 0. The van der Waals surface area contributed by atoms with E-state index >= 15 is 0 Å². The molecular weight excluding hydrogens is 216 g/mol. The van der Waals surface area contributed by atoms with Crippen molar-refractivity contribution in [2.45, 2.75) is 17.7 Å². The van der Waals surface area contributed by atoms with Crippen LogP contribution in [-0.4, -0.2) is 18.7 Å². The third-order valence-electron chi connectivity index (χ3n) is 1.85. The highest BCUT2D eigenvalue weighted by Gasteiger charge is 2.00. The quantitative estimate of drug-likeness (QED) is 0.418. The van der Waals surface area contributed by atoms with Crippen molar-refractivity contribution in [1.82, 2.24) is 0 Å². The van der Waals surface area contributed by atoms with Crippen LogP contribution in [0.2, 0.25) is 0 Å². The Kier molecular flexibility index (Phi) is 5.88. The van der Waals surface area contributed by atoms with Gasteiger partial charge in [0.05, 0.1) is 7.11 Å². The van der Waals surface area contributed by atoms with E-state index in [0.717, 1.165) is 30.2 Å². The third kappa shape index (κ3) is 3.81. The first-order valence-electron chi connectivity index (χ1n) is 4.70. The Morgan fingerprint density at radius 2 is 2.07 bits per heavy atom. The lowest BCUT2D eigenvalue weighted by Crippen LogP contribution is -1.87. The van der Waals surface area contributed by atoms with Gasteiger partial charge in [0, 0.05) is 10.8 Å². The van der Waals surface area contributed by atoms with Crippen LogP contribution in [0.1, 0.15) is 12.8 Å². The lowest BCUT2D eigenvalue weighted by atomic mass is 10.3. The van der Waals surface area contributed by atoms with Crippen molar-refractivity contribution in [3.8, 4) is 5.75 Å². The molecule has 0 aliphatic heterocycles. The Morgan fingerprint density at radius 1 is 1.29 bits per heavy atom. The summed E-state index contributed by atoms with van der Waals surface area (Å²) in [6, 6.07) is 8.10. The summed E-state index contributed by atoms with van der Waals surface area (Å²) in [5.74, 6) is 2.82. The second-order valence-electron chi connectivity index (χ2n) is 2.90. The number of halogens is 1. The van der Waals surface area contributed by atoms with E-state index in [9.17, 15) is 0 Å². The van der Waals surface area contributed by atoms with E-state index in [0.29, 0.717) is 0 Å². The fourth-order valence-electron chi connectivity index (χ4n) is 1.12. The summed E-state index contributed by atoms with van der Waals surface area (Å²) in [7, 11) is 1.71. The molecule has 0 saturated carbocycles. The number of unbranched alkanes of at least 4 members (excludes halogenated alkanes) is 1. The smallest absolute Gasteiger partial charge is 0.132 e. The predicted molar refractivity (Wildman–Crippen MR) is 63.7 cm³/mol. The van der Waals surface area contributed by atoms with Crippen LogP contribution < -0.4 is 4.74 Å². The minimum Gasteiger partial charge on any atom is -0.496 e.